The Hall–Kier alpha value is -2.81. The Labute approximate surface area is 174 Å². The van der Waals surface area contributed by atoms with Crippen LogP contribution in [0.1, 0.15) is 11.4 Å². The van der Waals surface area contributed by atoms with Crippen LogP contribution < -0.4 is 9.80 Å². The Morgan fingerprint density at radius 2 is 1.60 bits per heavy atom. The molecule has 0 unspecified atom stereocenters. The number of aryl methyl sites for hydroxylation is 1. The number of benzene rings is 1. The molecule has 160 valence electrons. The molecule has 4 rings (SSSR count). The zero-order valence-electron chi connectivity index (χ0n) is 17.0. The zero-order chi connectivity index (χ0) is 21.1. The minimum Gasteiger partial charge on any atom is -0.378 e. The van der Waals surface area contributed by atoms with Crippen LogP contribution in [0.5, 0.6) is 0 Å². The SMILES string of the molecule is Cc1nc(N2CCOCC2)cc(N2CCN(C(=O)Cc3ccc(F)cc3F)CC2)n1. The molecule has 3 heterocycles. The van der Waals surface area contributed by atoms with Crippen LogP contribution in [-0.2, 0) is 16.0 Å². The van der Waals surface area contributed by atoms with Crippen molar-refractivity contribution >= 4 is 17.5 Å². The van der Waals surface area contributed by atoms with Crippen LogP contribution in [0, 0.1) is 18.6 Å². The molecule has 1 aromatic carbocycles. The number of hydrogen-bond donors (Lipinski definition) is 0. The van der Waals surface area contributed by atoms with Crippen LogP contribution in [0.25, 0.3) is 0 Å². The molecular weight excluding hydrogens is 392 g/mol. The number of ether oxygens (including phenoxy) is 1. The topological polar surface area (TPSA) is 61.8 Å². The average Bonchev–Trinajstić information content (AvgIpc) is 2.76. The highest BCUT2D eigenvalue weighted by atomic mass is 19.1. The molecule has 2 fully saturated rings. The molecule has 0 bridgehead atoms. The summed E-state index contributed by atoms with van der Waals surface area (Å²) in [5.41, 5.74) is 0.213. The van der Waals surface area contributed by atoms with Gasteiger partial charge in [-0.05, 0) is 18.6 Å². The number of piperazine rings is 1. The lowest BCUT2D eigenvalue weighted by atomic mass is 10.1. The molecule has 0 N–H and O–H groups in total. The second-order valence-corrected chi connectivity index (χ2v) is 7.51. The molecule has 2 aliphatic heterocycles. The molecule has 1 amide bonds. The van der Waals surface area contributed by atoms with Crippen LogP contribution in [0.3, 0.4) is 0 Å². The van der Waals surface area contributed by atoms with Crippen molar-refractivity contribution in [1.29, 1.82) is 0 Å². The number of anilines is 2. The van der Waals surface area contributed by atoms with Crippen LogP contribution in [0.4, 0.5) is 20.4 Å². The molecule has 2 aromatic rings. The maximum absolute atomic E-state index is 13.8. The second kappa shape index (κ2) is 8.91. The van der Waals surface area contributed by atoms with E-state index in [-0.39, 0.29) is 17.9 Å². The molecule has 0 aliphatic carbocycles. The van der Waals surface area contributed by atoms with Gasteiger partial charge in [0.25, 0.3) is 0 Å². The predicted octanol–water partition coefficient (Wildman–Crippen LogP) is 1.79. The third kappa shape index (κ3) is 4.67. The Balaban J connectivity index is 1.38. The van der Waals surface area contributed by atoms with Crippen molar-refractivity contribution < 1.29 is 18.3 Å². The van der Waals surface area contributed by atoms with Gasteiger partial charge >= 0.3 is 0 Å². The van der Waals surface area contributed by atoms with Gasteiger partial charge in [-0.3, -0.25) is 4.79 Å². The fourth-order valence-electron chi connectivity index (χ4n) is 3.78. The Bertz CT molecular complexity index is 912. The van der Waals surface area contributed by atoms with Crippen molar-refractivity contribution in [2.45, 2.75) is 13.3 Å². The molecule has 30 heavy (non-hydrogen) atoms. The van der Waals surface area contributed by atoms with E-state index >= 15 is 0 Å². The third-order valence-corrected chi connectivity index (χ3v) is 5.46. The van der Waals surface area contributed by atoms with Gasteiger partial charge in [0, 0.05) is 51.4 Å². The first-order valence-corrected chi connectivity index (χ1v) is 10.1. The van der Waals surface area contributed by atoms with Gasteiger partial charge in [0.15, 0.2) is 0 Å². The van der Waals surface area contributed by atoms with Gasteiger partial charge in [-0.2, -0.15) is 0 Å². The van der Waals surface area contributed by atoms with Crippen molar-refractivity contribution in [3.05, 3.63) is 47.3 Å². The van der Waals surface area contributed by atoms with Crippen LogP contribution >= 0.6 is 0 Å². The second-order valence-electron chi connectivity index (χ2n) is 7.51. The number of halogens is 2. The highest BCUT2D eigenvalue weighted by molar-refractivity contribution is 5.79. The summed E-state index contributed by atoms with van der Waals surface area (Å²) in [6.45, 7) is 7.19. The molecule has 0 spiro atoms. The molecule has 2 saturated heterocycles. The van der Waals surface area contributed by atoms with E-state index in [9.17, 15) is 13.6 Å². The fourth-order valence-corrected chi connectivity index (χ4v) is 3.78. The Kier molecular flexibility index (Phi) is 6.08. The lowest BCUT2D eigenvalue weighted by Gasteiger charge is -2.36. The van der Waals surface area contributed by atoms with Gasteiger partial charge in [0.2, 0.25) is 5.91 Å². The molecular formula is C21H25F2N5O2. The summed E-state index contributed by atoms with van der Waals surface area (Å²) in [5.74, 6) is 0.960. The Morgan fingerprint density at radius 3 is 2.23 bits per heavy atom. The van der Waals surface area contributed by atoms with Gasteiger partial charge in [-0.15, -0.1) is 0 Å². The standard InChI is InChI=1S/C21H25F2N5O2/c1-15-24-19(14-20(25-15)27-8-10-30-11-9-27)26-4-6-28(7-5-26)21(29)12-16-2-3-17(22)13-18(16)23/h2-3,13-14H,4-12H2,1H3. The van der Waals surface area contributed by atoms with Crippen molar-refractivity contribution in [1.82, 2.24) is 14.9 Å². The maximum atomic E-state index is 13.8. The van der Waals surface area contributed by atoms with E-state index in [1.807, 2.05) is 13.0 Å². The monoisotopic (exact) mass is 417 g/mol. The molecule has 7 nitrogen and oxygen atoms in total. The van der Waals surface area contributed by atoms with E-state index < -0.39 is 11.6 Å². The van der Waals surface area contributed by atoms with E-state index in [4.69, 9.17) is 4.74 Å². The van der Waals surface area contributed by atoms with Gasteiger partial charge in [-0.1, -0.05) is 6.07 Å². The Morgan fingerprint density at radius 1 is 0.967 bits per heavy atom. The molecule has 0 radical (unpaired) electrons. The maximum Gasteiger partial charge on any atom is 0.227 e. The van der Waals surface area contributed by atoms with Crippen LogP contribution in [-0.4, -0.2) is 73.3 Å². The number of amides is 1. The van der Waals surface area contributed by atoms with Crippen LogP contribution in [0.2, 0.25) is 0 Å². The summed E-state index contributed by atoms with van der Waals surface area (Å²) in [6, 6.07) is 5.30. The molecule has 0 atom stereocenters. The highest BCUT2D eigenvalue weighted by Crippen LogP contribution is 2.22. The summed E-state index contributed by atoms with van der Waals surface area (Å²) < 4.78 is 32.3. The minimum absolute atomic E-state index is 0.0695. The van der Waals surface area contributed by atoms with Crippen LogP contribution in [0.15, 0.2) is 24.3 Å². The largest absolute Gasteiger partial charge is 0.378 e. The highest BCUT2D eigenvalue weighted by Gasteiger charge is 2.24. The molecule has 0 saturated carbocycles. The zero-order valence-corrected chi connectivity index (χ0v) is 17.0. The first-order valence-electron chi connectivity index (χ1n) is 10.1. The van der Waals surface area contributed by atoms with E-state index in [1.165, 1.54) is 12.1 Å². The van der Waals surface area contributed by atoms with Crippen molar-refractivity contribution in [3.63, 3.8) is 0 Å². The molecule has 2 aliphatic rings. The summed E-state index contributed by atoms with van der Waals surface area (Å²) in [5, 5.41) is 0. The fraction of sp³-hybridized carbons (Fsp3) is 0.476. The number of carbonyl (C=O) groups is 1. The normalized spacial score (nSPS) is 17.4. The first-order chi connectivity index (χ1) is 14.5. The van der Waals surface area contributed by atoms with Crippen molar-refractivity contribution in [3.8, 4) is 0 Å². The number of hydrogen-bond acceptors (Lipinski definition) is 6. The number of rotatable bonds is 4. The lowest BCUT2D eigenvalue weighted by Crippen LogP contribution is -2.49. The van der Waals surface area contributed by atoms with Gasteiger partial charge in [0.1, 0.15) is 29.1 Å². The van der Waals surface area contributed by atoms with E-state index in [2.05, 4.69) is 19.8 Å². The summed E-state index contributed by atoms with van der Waals surface area (Å²) in [6.07, 6.45) is -0.0695. The van der Waals surface area contributed by atoms with Crippen molar-refractivity contribution in [2.24, 2.45) is 0 Å². The predicted molar refractivity (Wildman–Crippen MR) is 109 cm³/mol. The summed E-state index contributed by atoms with van der Waals surface area (Å²) >= 11 is 0. The quantitative estimate of drug-likeness (QED) is 0.756. The van der Waals surface area contributed by atoms with Gasteiger partial charge < -0.3 is 19.4 Å². The molecule has 1 aromatic heterocycles. The van der Waals surface area contributed by atoms with Gasteiger partial charge in [-0.25, -0.2) is 18.7 Å². The smallest absolute Gasteiger partial charge is 0.227 e. The van der Waals surface area contributed by atoms with Crippen molar-refractivity contribution in [2.75, 3.05) is 62.3 Å². The lowest BCUT2D eigenvalue weighted by molar-refractivity contribution is -0.130. The molecule has 9 heteroatoms. The first kappa shape index (κ1) is 20.5. The average molecular weight is 417 g/mol. The number of morpholine rings is 1. The van der Waals surface area contributed by atoms with E-state index in [1.54, 1.807) is 4.90 Å². The summed E-state index contributed by atoms with van der Waals surface area (Å²) in [4.78, 5) is 27.8. The number of aromatic nitrogens is 2. The van der Waals surface area contributed by atoms with Gasteiger partial charge in [0.05, 0.1) is 19.6 Å². The minimum atomic E-state index is -0.686. The van der Waals surface area contributed by atoms with E-state index in [0.29, 0.717) is 45.2 Å². The number of nitrogens with zero attached hydrogens (tertiary/aromatic N) is 5. The third-order valence-electron chi connectivity index (χ3n) is 5.46. The number of carbonyl (C=O) groups excluding carboxylic acids is 1. The van der Waals surface area contributed by atoms with E-state index in [0.717, 1.165) is 30.8 Å². The summed E-state index contributed by atoms with van der Waals surface area (Å²) in [7, 11) is 0.